The van der Waals surface area contributed by atoms with Crippen molar-refractivity contribution >= 4 is 56.8 Å². The Balaban J connectivity index is 1.67. The number of aromatic nitrogens is 2. The molecule has 0 aliphatic rings. The number of pyridine rings is 1. The Hall–Kier alpha value is -4.31. The van der Waals surface area contributed by atoms with Gasteiger partial charge in [-0.2, -0.15) is 14.0 Å². The summed E-state index contributed by atoms with van der Waals surface area (Å²) in [6.45, 7) is -2.36. The lowest BCUT2D eigenvalue weighted by Crippen LogP contribution is -2.14. The van der Waals surface area contributed by atoms with E-state index < -0.39 is 12.5 Å². The van der Waals surface area contributed by atoms with Crippen LogP contribution in [0.1, 0.15) is 10.6 Å². The number of amides is 1. The standard InChI is InChI=1S/C27H23ClF2N6O3S/c1-36(2)8-3-4-24(37)35-21-11-18-20(12-23(21)39-27(29)30)33-14-16(13-31)26(18)34-17-5-6-22(19(28)10-17)38-15-25-32-7-9-40-25/h3-7,9-12,14,27H,8,15H2,1-2H3,(H,33,34)(H,35,37)/b4-3+. The lowest BCUT2D eigenvalue weighted by Gasteiger charge is -2.16. The molecular weight excluding hydrogens is 562 g/mol. The molecule has 4 rings (SSSR count). The zero-order chi connectivity index (χ0) is 28.6. The van der Waals surface area contributed by atoms with Crippen molar-refractivity contribution in [3.8, 4) is 17.6 Å². The van der Waals surface area contributed by atoms with E-state index in [1.54, 1.807) is 30.5 Å². The number of alkyl halides is 2. The van der Waals surface area contributed by atoms with Crippen LogP contribution in [-0.4, -0.2) is 48.0 Å². The fourth-order valence-electron chi connectivity index (χ4n) is 3.58. The third-order valence-electron chi connectivity index (χ3n) is 5.34. The molecule has 206 valence electrons. The van der Waals surface area contributed by atoms with E-state index in [1.165, 1.54) is 35.7 Å². The van der Waals surface area contributed by atoms with Gasteiger partial charge in [0.2, 0.25) is 5.91 Å². The Morgan fingerprint density at radius 2 is 2.08 bits per heavy atom. The molecule has 2 heterocycles. The second kappa shape index (κ2) is 13.2. The number of carbonyl (C=O) groups excluding carboxylic acids is 1. The van der Waals surface area contributed by atoms with Gasteiger partial charge in [-0.1, -0.05) is 17.7 Å². The van der Waals surface area contributed by atoms with Gasteiger partial charge in [0.05, 0.1) is 27.5 Å². The summed E-state index contributed by atoms with van der Waals surface area (Å²) in [5, 5.41) is 18.8. The molecule has 0 radical (unpaired) electrons. The molecule has 1 amide bonds. The number of fused-ring (bicyclic) bond motifs is 1. The van der Waals surface area contributed by atoms with Crippen LogP contribution in [0.2, 0.25) is 5.02 Å². The van der Waals surface area contributed by atoms with Crippen molar-refractivity contribution in [2.75, 3.05) is 31.3 Å². The first kappa shape index (κ1) is 28.7. The molecule has 2 aromatic heterocycles. The first-order valence-corrected chi connectivity index (χ1v) is 13.0. The number of rotatable bonds is 11. The number of anilines is 3. The van der Waals surface area contributed by atoms with E-state index in [-0.39, 0.29) is 29.1 Å². The molecule has 0 spiro atoms. The van der Waals surface area contributed by atoms with Crippen LogP contribution >= 0.6 is 22.9 Å². The average molecular weight is 585 g/mol. The summed E-state index contributed by atoms with van der Waals surface area (Å²) in [6, 6.07) is 9.78. The van der Waals surface area contributed by atoms with E-state index in [2.05, 4.69) is 31.4 Å². The number of nitriles is 1. The Kier molecular flexibility index (Phi) is 9.44. The summed E-state index contributed by atoms with van der Waals surface area (Å²) in [5.41, 5.74) is 1.28. The van der Waals surface area contributed by atoms with E-state index in [9.17, 15) is 18.8 Å². The van der Waals surface area contributed by atoms with Gasteiger partial charge in [-0.05, 0) is 38.4 Å². The largest absolute Gasteiger partial charge is 0.485 e. The summed E-state index contributed by atoms with van der Waals surface area (Å²) in [5.74, 6) is -0.368. The molecule has 0 bridgehead atoms. The van der Waals surface area contributed by atoms with Crippen molar-refractivity contribution in [3.05, 3.63) is 75.9 Å². The molecule has 13 heteroatoms. The summed E-state index contributed by atoms with van der Waals surface area (Å²) in [7, 11) is 3.68. The molecule has 9 nitrogen and oxygen atoms in total. The van der Waals surface area contributed by atoms with Crippen LogP contribution in [0, 0.1) is 11.3 Å². The molecule has 40 heavy (non-hydrogen) atoms. The van der Waals surface area contributed by atoms with E-state index in [1.807, 2.05) is 24.4 Å². The van der Waals surface area contributed by atoms with Gasteiger partial charge in [-0.25, -0.2) is 4.98 Å². The first-order chi connectivity index (χ1) is 19.2. The number of nitrogens with zero attached hydrogens (tertiary/aromatic N) is 4. The number of nitrogens with one attached hydrogen (secondary N) is 2. The van der Waals surface area contributed by atoms with Crippen LogP contribution in [-0.2, 0) is 11.4 Å². The second-order valence-electron chi connectivity index (χ2n) is 8.54. The van der Waals surface area contributed by atoms with E-state index in [0.29, 0.717) is 34.1 Å². The van der Waals surface area contributed by atoms with Crippen molar-refractivity contribution in [1.29, 1.82) is 5.26 Å². The van der Waals surface area contributed by atoms with Crippen molar-refractivity contribution in [1.82, 2.24) is 14.9 Å². The zero-order valence-electron chi connectivity index (χ0n) is 21.3. The molecule has 0 atom stereocenters. The Morgan fingerprint density at radius 1 is 1.25 bits per heavy atom. The topological polar surface area (TPSA) is 112 Å². The molecular formula is C27H23ClF2N6O3S. The molecule has 0 fully saturated rings. The number of ether oxygens (including phenoxy) is 2. The third kappa shape index (κ3) is 7.41. The summed E-state index contributed by atoms with van der Waals surface area (Å²) in [6.07, 6.45) is 5.91. The van der Waals surface area contributed by atoms with Crippen LogP contribution in [0.3, 0.4) is 0 Å². The fourth-order valence-corrected chi connectivity index (χ4v) is 4.34. The molecule has 0 unspecified atom stereocenters. The van der Waals surface area contributed by atoms with Gasteiger partial charge in [0.15, 0.2) is 5.75 Å². The molecule has 2 N–H and O–H groups in total. The van der Waals surface area contributed by atoms with Crippen molar-refractivity contribution in [2.45, 2.75) is 13.2 Å². The number of hydrogen-bond acceptors (Lipinski definition) is 9. The molecule has 0 saturated carbocycles. The quantitative estimate of drug-likeness (QED) is 0.201. The van der Waals surface area contributed by atoms with Crippen LogP contribution in [0.15, 0.2) is 60.3 Å². The van der Waals surface area contributed by atoms with Gasteiger partial charge in [0, 0.05) is 47.5 Å². The predicted octanol–water partition coefficient (Wildman–Crippen LogP) is 6.20. The van der Waals surface area contributed by atoms with Crippen molar-refractivity contribution < 1.29 is 23.0 Å². The number of carbonyl (C=O) groups is 1. The highest BCUT2D eigenvalue weighted by molar-refractivity contribution is 7.09. The summed E-state index contributed by atoms with van der Waals surface area (Å²) in [4.78, 5) is 22.7. The highest BCUT2D eigenvalue weighted by Gasteiger charge is 2.18. The molecule has 0 saturated heterocycles. The first-order valence-electron chi connectivity index (χ1n) is 11.7. The number of halogens is 3. The second-order valence-corrected chi connectivity index (χ2v) is 9.93. The lowest BCUT2D eigenvalue weighted by molar-refractivity contribution is -0.112. The SMILES string of the molecule is CN(C)C/C=C/C(=O)Nc1cc2c(Nc3ccc(OCc4nccs4)c(Cl)c3)c(C#N)cnc2cc1OC(F)F. The normalized spacial score (nSPS) is 11.2. The lowest BCUT2D eigenvalue weighted by atomic mass is 10.1. The maximum Gasteiger partial charge on any atom is 0.387 e. The Bertz CT molecular complexity index is 1580. The molecule has 4 aromatic rings. The van der Waals surface area contributed by atoms with Gasteiger partial charge in [0.25, 0.3) is 0 Å². The van der Waals surface area contributed by atoms with Crippen molar-refractivity contribution in [2.24, 2.45) is 0 Å². The van der Waals surface area contributed by atoms with E-state index >= 15 is 0 Å². The van der Waals surface area contributed by atoms with Crippen LogP contribution < -0.4 is 20.1 Å². The zero-order valence-corrected chi connectivity index (χ0v) is 22.9. The predicted molar refractivity (Wildman–Crippen MR) is 151 cm³/mol. The Labute approximate surface area is 237 Å². The van der Waals surface area contributed by atoms with Crippen molar-refractivity contribution in [3.63, 3.8) is 0 Å². The van der Waals surface area contributed by atoms with E-state index in [0.717, 1.165) is 5.01 Å². The van der Waals surface area contributed by atoms with E-state index in [4.69, 9.17) is 16.3 Å². The highest BCUT2D eigenvalue weighted by Crippen LogP contribution is 2.38. The monoisotopic (exact) mass is 584 g/mol. The Morgan fingerprint density at radius 3 is 2.75 bits per heavy atom. The highest BCUT2D eigenvalue weighted by atomic mass is 35.5. The van der Waals surface area contributed by atoms with Gasteiger partial charge < -0.3 is 25.0 Å². The third-order valence-corrected chi connectivity index (χ3v) is 6.39. The summed E-state index contributed by atoms with van der Waals surface area (Å²) >= 11 is 7.90. The smallest absolute Gasteiger partial charge is 0.387 e. The minimum Gasteiger partial charge on any atom is -0.485 e. The van der Waals surface area contributed by atoms with Gasteiger partial charge in [-0.3, -0.25) is 9.78 Å². The van der Waals surface area contributed by atoms with Crippen LogP contribution in [0.25, 0.3) is 10.9 Å². The van der Waals surface area contributed by atoms with Gasteiger partial charge in [0.1, 0.15) is 23.4 Å². The fraction of sp³-hybridized carbons (Fsp3) is 0.185. The molecule has 0 aliphatic carbocycles. The molecule has 0 aliphatic heterocycles. The van der Waals surface area contributed by atoms with Gasteiger partial charge >= 0.3 is 6.61 Å². The summed E-state index contributed by atoms with van der Waals surface area (Å²) < 4.78 is 36.7. The minimum atomic E-state index is -3.13. The molecule has 2 aromatic carbocycles. The van der Waals surface area contributed by atoms with Crippen LogP contribution in [0.4, 0.5) is 25.8 Å². The maximum atomic E-state index is 13.2. The number of hydrogen-bond donors (Lipinski definition) is 2. The average Bonchev–Trinajstić information content (AvgIpc) is 3.42. The van der Waals surface area contributed by atoms with Gasteiger partial charge in [-0.15, -0.1) is 11.3 Å². The maximum absolute atomic E-state index is 13.2. The minimum absolute atomic E-state index is 0.0174. The number of thiazole rings is 1. The van der Waals surface area contributed by atoms with Crippen LogP contribution in [0.5, 0.6) is 11.5 Å². The number of likely N-dealkylation sites (N-methyl/N-ethyl adjacent to an activating group) is 1. The number of benzene rings is 2.